The SMILES string of the molecule is COc1cc(C(=O)Nc2cc(F)ccc2NC(=O)c2ccccn2)ccc1OCc1c(C)noc1C. The zero-order valence-corrected chi connectivity index (χ0v) is 19.8. The summed E-state index contributed by atoms with van der Waals surface area (Å²) in [6.07, 6.45) is 1.48. The van der Waals surface area contributed by atoms with Gasteiger partial charge in [-0.25, -0.2) is 4.39 Å². The second-order valence-corrected chi connectivity index (χ2v) is 7.77. The second-order valence-electron chi connectivity index (χ2n) is 7.77. The standard InChI is InChI=1S/C26H23FN4O5/c1-15-19(16(2)36-31-15)14-35-23-10-7-17(12-24(23)34-3)25(32)30-22-13-18(27)8-9-20(22)29-26(33)21-6-4-5-11-28-21/h4-13H,14H2,1-3H3,(H,29,33)(H,30,32). The summed E-state index contributed by atoms with van der Waals surface area (Å²) < 4.78 is 30.4. The molecule has 10 heteroatoms. The molecule has 0 aliphatic rings. The molecule has 0 spiro atoms. The Hall–Kier alpha value is -4.73. The Balaban J connectivity index is 1.51. The Morgan fingerprint density at radius 3 is 2.47 bits per heavy atom. The van der Waals surface area contributed by atoms with Crippen molar-refractivity contribution in [1.82, 2.24) is 10.1 Å². The number of pyridine rings is 1. The molecule has 2 aromatic carbocycles. The number of benzene rings is 2. The monoisotopic (exact) mass is 490 g/mol. The number of aromatic nitrogens is 2. The molecule has 0 atom stereocenters. The molecule has 0 unspecified atom stereocenters. The summed E-state index contributed by atoms with van der Waals surface area (Å²) in [7, 11) is 1.46. The largest absolute Gasteiger partial charge is 0.493 e. The fourth-order valence-electron chi connectivity index (χ4n) is 3.39. The maximum Gasteiger partial charge on any atom is 0.274 e. The molecule has 2 amide bonds. The lowest BCUT2D eigenvalue weighted by molar-refractivity contribution is 0.101. The van der Waals surface area contributed by atoms with Crippen LogP contribution in [0, 0.1) is 19.7 Å². The van der Waals surface area contributed by atoms with Gasteiger partial charge < -0.3 is 24.6 Å². The molecule has 4 rings (SSSR count). The summed E-state index contributed by atoms with van der Waals surface area (Å²) in [5.41, 5.74) is 2.27. The van der Waals surface area contributed by atoms with Crippen molar-refractivity contribution in [3.05, 3.63) is 94.9 Å². The van der Waals surface area contributed by atoms with Crippen LogP contribution >= 0.6 is 0 Å². The van der Waals surface area contributed by atoms with Crippen LogP contribution in [-0.2, 0) is 6.61 Å². The van der Waals surface area contributed by atoms with Crippen LogP contribution < -0.4 is 20.1 Å². The molecule has 2 aromatic heterocycles. The minimum atomic E-state index is -0.582. The van der Waals surface area contributed by atoms with E-state index in [1.54, 1.807) is 37.3 Å². The van der Waals surface area contributed by atoms with Gasteiger partial charge >= 0.3 is 0 Å². The van der Waals surface area contributed by atoms with Gasteiger partial charge in [0.1, 0.15) is 23.9 Å². The van der Waals surface area contributed by atoms with Gasteiger partial charge in [-0.15, -0.1) is 0 Å². The van der Waals surface area contributed by atoms with E-state index in [0.717, 1.165) is 17.3 Å². The maximum absolute atomic E-state index is 14.0. The molecule has 36 heavy (non-hydrogen) atoms. The number of methoxy groups -OCH3 is 1. The summed E-state index contributed by atoms with van der Waals surface area (Å²) in [6.45, 7) is 3.83. The van der Waals surface area contributed by atoms with Crippen molar-refractivity contribution in [1.29, 1.82) is 0 Å². The molecule has 0 fully saturated rings. The molecule has 2 N–H and O–H groups in total. The Morgan fingerprint density at radius 2 is 1.78 bits per heavy atom. The summed E-state index contributed by atoms with van der Waals surface area (Å²) in [4.78, 5) is 29.5. The van der Waals surface area contributed by atoms with E-state index in [-0.39, 0.29) is 29.2 Å². The fourth-order valence-corrected chi connectivity index (χ4v) is 3.39. The van der Waals surface area contributed by atoms with Crippen LogP contribution in [0.5, 0.6) is 11.5 Å². The van der Waals surface area contributed by atoms with Gasteiger partial charge in [0, 0.05) is 11.8 Å². The van der Waals surface area contributed by atoms with E-state index in [2.05, 4.69) is 20.8 Å². The Morgan fingerprint density at radius 1 is 0.972 bits per heavy atom. The summed E-state index contributed by atoms with van der Waals surface area (Å²) in [6, 6.07) is 13.2. The lowest BCUT2D eigenvalue weighted by atomic mass is 10.1. The predicted molar refractivity (Wildman–Crippen MR) is 130 cm³/mol. The normalized spacial score (nSPS) is 10.6. The lowest BCUT2D eigenvalue weighted by Gasteiger charge is -2.14. The van der Waals surface area contributed by atoms with Crippen LogP contribution in [-0.4, -0.2) is 29.1 Å². The van der Waals surface area contributed by atoms with E-state index >= 15 is 0 Å². The number of ether oxygens (including phenoxy) is 2. The van der Waals surface area contributed by atoms with E-state index in [0.29, 0.717) is 17.3 Å². The Bertz CT molecular complexity index is 1390. The van der Waals surface area contributed by atoms with Crippen LogP contribution in [0.3, 0.4) is 0 Å². The number of anilines is 2. The predicted octanol–water partition coefficient (Wildman–Crippen LogP) is 4.92. The third kappa shape index (κ3) is 5.49. The number of nitrogens with one attached hydrogen (secondary N) is 2. The molecule has 0 bridgehead atoms. The quantitative estimate of drug-likeness (QED) is 0.360. The third-order valence-electron chi connectivity index (χ3n) is 5.35. The third-order valence-corrected chi connectivity index (χ3v) is 5.35. The summed E-state index contributed by atoms with van der Waals surface area (Å²) in [5.74, 6) is -0.214. The minimum Gasteiger partial charge on any atom is -0.493 e. The van der Waals surface area contributed by atoms with Crippen molar-refractivity contribution in [3.63, 3.8) is 0 Å². The van der Waals surface area contributed by atoms with Gasteiger partial charge in [0.05, 0.1) is 29.7 Å². The Kier molecular flexibility index (Phi) is 7.24. The molecular formula is C26H23FN4O5. The fraction of sp³-hybridized carbons (Fsp3) is 0.154. The lowest BCUT2D eigenvalue weighted by Crippen LogP contribution is -2.17. The Labute approximate surface area is 206 Å². The van der Waals surface area contributed by atoms with Gasteiger partial charge in [0.15, 0.2) is 11.5 Å². The summed E-state index contributed by atoms with van der Waals surface area (Å²) in [5, 5.41) is 9.18. The smallest absolute Gasteiger partial charge is 0.274 e. The molecule has 0 aliphatic carbocycles. The molecule has 0 radical (unpaired) electrons. The van der Waals surface area contributed by atoms with E-state index in [1.165, 1.54) is 31.5 Å². The molecule has 2 heterocycles. The minimum absolute atomic E-state index is 0.0852. The van der Waals surface area contributed by atoms with Crippen molar-refractivity contribution in [2.45, 2.75) is 20.5 Å². The van der Waals surface area contributed by atoms with Gasteiger partial charge in [-0.05, 0) is 62.4 Å². The topological polar surface area (TPSA) is 116 Å². The van der Waals surface area contributed by atoms with Crippen molar-refractivity contribution >= 4 is 23.2 Å². The number of rotatable bonds is 8. The molecule has 184 valence electrons. The van der Waals surface area contributed by atoms with Crippen molar-refractivity contribution in [2.24, 2.45) is 0 Å². The number of hydrogen-bond donors (Lipinski definition) is 2. The zero-order chi connectivity index (χ0) is 25.7. The first kappa shape index (κ1) is 24.4. The highest BCUT2D eigenvalue weighted by Crippen LogP contribution is 2.31. The van der Waals surface area contributed by atoms with Gasteiger partial charge in [-0.3, -0.25) is 14.6 Å². The number of amides is 2. The number of carbonyl (C=O) groups excluding carboxylic acids is 2. The van der Waals surface area contributed by atoms with Crippen LogP contribution in [0.25, 0.3) is 0 Å². The summed E-state index contributed by atoms with van der Waals surface area (Å²) >= 11 is 0. The highest BCUT2D eigenvalue weighted by atomic mass is 19.1. The average Bonchev–Trinajstić information content (AvgIpc) is 3.21. The van der Waals surface area contributed by atoms with E-state index in [4.69, 9.17) is 14.0 Å². The van der Waals surface area contributed by atoms with E-state index < -0.39 is 17.6 Å². The maximum atomic E-state index is 14.0. The van der Waals surface area contributed by atoms with Crippen LogP contribution in [0.15, 0.2) is 65.3 Å². The number of halogens is 1. The van der Waals surface area contributed by atoms with Gasteiger partial charge in [-0.1, -0.05) is 11.2 Å². The van der Waals surface area contributed by atoms with Crippen LogP contribution in [0.1, 0.15) is 37.9 Å². The van der Waals surface area contributed by atoms with Crippen LogP contribution in [0.4, 0.5) is 15.8 Å². The molecule has 4 aromatic rings. The van der Waals surface area contributed by atoms with Gasteiger partial charge in [0.2, 0.25) is 0 Å². The number of carbonyl (C=O) groups is 2. The number of nitrogens with zero attached hydrogens (tertiary/aromatic N) is 2. The molecule has 0 aliphatic heterocycles. The van der Waals surface area contributed by atoms with Crippen molar-refractivity contribution in [3.8, 4) is 11.5 Å². The first-order chi connectivity index (χ1) is 17.4. The highest BCUT2D eigenvalue weighted by Gasteiger charge is 2.17. The van der Waals surface area contributed by atoms with Crippen molar-refractivity contribution < 1.29 is 28.0 Å². The molecular weight excluding hydrogens is 467 g/mol. The van der Waals surface area contributed by atoms with E-state index in [1.807, 2.05) is 6.92 Å². The van der Waals surface area contributed by atoms with Gasteiger partial charge in [0.25, 0.3) is 11.8 Å². The molecule has 0 saturated carbocycles. The molecule has 0 saturated heterocycles. The first-order valence-corrected chi connectivity index (χ1v) is 10.9. The molecule has 9 nitrogen and oxygen atoms in total. The second kappa shape index (κ2) is 10.7. The van der Waals surface area contributed by atoms with E-state index in [9.17, 15) is 14.0 Å². The zero-order valence-electron chi connectivity index (χ0n) is 19.8. The average molecular weight is 490 g/mol. The van der Waals surface area contributed by atoms with Crippen LogP contribution in [0.2, 0.25) is 0 Å². The van der Waals surface area contributed by atoms with Gasteiger partial charge in [-0.2, -0.15) is 0 Å². The highest BCUT2D eigenvalue weighted by molar-refractivity contribution is 6.09. The first-order valence-electron chi connectivity index (χ1n) is 10.9. The number of hydrogen-bond acceptors (Lipinski definition) is 7. The number of aryl methyl sites for hydroxylation is 2. The van der Waals surface area contributed by atoms with Crippen molar-refractivity contribution in [2.75, 3.05) is 17.7 Å².